The number of hydrogen-bond acceptors (Lipinski definition) is 3. The summed E-state index contributed by atoms with van der Waals surface area (Å²) in [6.07, 6.45) is -1.07. The van der Waals surface area contributed by atoms with Gasteiger partial charge in [0.25, 0.3) is 0 Å². The summed E-state index contributed by atoms with van der Waals surface area (Å²) in [5.74, 6) is 0.285. The minimum Gasteiger partial charge on any atom is -0.294 e. The molecule has 0 spiro atoms. The van der Waals surface area contributed by atoms with Crippen LogP contribution in [-0.2, 0) is 17.0 Å². The molecular formula is C37H40F3NOS. The van der Waals surface area contributed by atoms with Crippen LogP contribution in [0.2, 0.25) is 0 Å². The molecule has 0 atom stereocenters. The molecule has 1 saturated carbocycles. The Balaban J connectivity index is 1.31. The molecule has 1 aliphatic carbocycles. The molecule has 1 aromatic heterocycles. The first-order valence-corrected chi connectivity index (χ1v) is 15.9. The SMILES string of the molecule is CC(C)(C)c1cc(-c2csc(C3CCC(C(=O)c4ccccc4-c4ccc(C(F)(F)F)cc4)CC3)n2)cc(C(C)(C)C)c1. The number of carbonyl (C=O) groups is 1. The Morgan fingerprint density at radius 1 is 0.744 bits per heavy atom. The summed E-state index contributed by atoms with van der Waals surface area (Å²) in [6.45, 7) is 13.5. The van der Waals surface area contributed by atoms with Crippen LogP contribution in [0.15, 0.2) is 72.1 Å². The lowest BCUT2D eigenvalue weighted by Crippen LogP contribution is -2.21. The van der Waals surface area contributed by atoms with Crippen molar-refractivity contribution in [3.8, 4) is 22.4 Å². The summed E-state index contributed by atoms with van der Waals surface area (Å²) in [6, 6.07) is 19.2. The Morgan fingerprint density at radius 2 is 1.33 bits per heavy atom. The first-order valence-electron chi connectivity index (χ1n) is 15.0. The van der Waals surface area contributed by atoms with Crippen molar-refractivity contribution in [3.63, 3.8) is 0 Å². The molecule has 0 radical (unpaired) electrons. The van der Waals surface area contributed by atoms with Crippen molar-refractivity contribution in [3.05, 3.63) is 99.4 Å². The van der Waals surface area contributed by atoms with Gasteiger partial charge in [0.15, 0.2) is 5.78 Å². The van der Waals surface area contributed by atoms with Crippen LogP contribution in [0, 0.1) is 5.92 Å². The highest BCUT2D eigenvalue weighted by atomic mass is 32.1. The molecule has 1 aliphatic rings. The predicted octanol–water partition coefficient (Wildman–Crippen LogP) is 11.2. The van der Waals surface area contributed by atoms with Crippen LogP contribution in [-0.4, -0.2) is 10.8 Å². The zero-order chi connectivity index (χ0) is 31.2. The van der Waals surface area contributed by atoms with Crippen molar-refractivity contribution >= 4 is 17.1 Å². The average molecular weight is 604 g/mol. The Morgan fingerprint density at radius 3 is 1.88 bits per heavy atom. The Kier molecular flexibility index (Phi) is 8.47. The zero-order valence-electron chi connectivity index (χ0n) is 25.8. The molecule has 4 aromatic rings. The van der Waals surface area contributed by atoms with Crippen molar-refractivity contribution in [2.24, 2.45) is 5.92 Å². The number of benzene rings is 3. The first-order chi connectivity index (χ1) is 20.1. The van der Waals surface area contributed by atoms with Crippen molar-refractivity contribution in [1.82, 2.24) is 4.98 Å². The molecule has 1 heterocycles. The van der Waals surface area contributed by atoms with E-state index in [0.717, 1.165) is 54.1 Å². The maximum atomic E-state index is 13.7. The Labute approximate surface area is 257 Å². The third kappa shape index (κ3) is 6.95. The van der Waals surface area contributed by atoms with Gasteiger partial charge < -0.3 is 0 Å². The predicted molar refractivity (Wildman–Crippen MR) is 171 cm³/mol. The Bertz CT molecular complexity index is 1560. The lowest BCUT2D eigenvalue weighted by Gasteiger charge is -2.27. The van der Waals surface area contributed by atoms with Gasteiger partial charge >= 0.3 is 6.18 Å². The van der Waals surface area contributed by atoms with Gasteiger partial charge in [-0.1, -0.05) is 84.0 Å². The number of alkyl halides is 3. The third-order valence-electron chi connectivity index (χ3n) is 8.65. The van der Waals surface area contributed by atoms with Crippen LogP contribution in [0.3, 0.4) is 0 Å². The van der Waals surface area contributed by atoms with E-state index >= 15 is 0 Å². The van der Waals surface area contributed by atoms with Crippen LogP contribution in [0.25, 0.3) is 22.4 Å². The molecule has 1 fully saturated rings. The van der Waals surface area contributed by atoms with Crippen LogP contribution in [0.4, 0.5) is 13.2 Å². The highest BCUT2D eigenvalue weighted by molar-refractivity contribution is 7.10. The molecular weight excluding hydrogens is 563 g/mol. The normalized spacial score (nSPS) is 18.1. The van der Waals surface area contributed by atoms with E-state index in [4.69, 9.17) is 4.98 Å². The van der Waals surface area contributed by atoms with E-state index in [0.29, 0.717) is 22.6 Å². The molecule has 0 aliphatic heterocycles. The van der Waals surface area contributed by atoms with Crippen LogP contribution in [0.1, 0.15) is 105 Å². The third-order valence-corrected chi connectivity index (χ3v) is 9.65. The summed E-state index contributed by atoms with van der Waals surface area (Å²) in [4.78, 5) is 18.8. The lowest BCUT2D eigenvalue weighted by molar-refractivity contribution is -0.137. The molecule has 43 heavy (non-hydrogen) atoms. The molecule has 5 rings (SSSR count). The second kappa shape index (κ2) is 11.7. The highest BCUT2D eigenvalue weighted by Crippen LogP contribution is 2.41. The second-order valence-electron chi connectivity index (χ2n) is 13.9. The zero-order valence-corrected chi connectivity index (χ0v) is 26.6. The standard InChI is InChI=1S/C37H40F3NOS/c1-35(2,3)28-19-26(20-29(21-28)36(4,5)6)32-22-43-34(41-32)25-13-11-24(12-14-25)33(42)31-10-8-7-9-30(31)23-15-17-27(18-16-23)37(38,39)40/h7-10,15-22,24-25H,11-14H2,1-6H3. The van der Waals surface area contributed by atoms with E-state index in [9.17, 15) is 18.0 Å². The van der Waals surface area contributed by atoms with Gasteiger partial charge in [0.2, 0.25) is 0 Å². The summed E-state index contributed by atoms with van der Waals surface area (Å²) in [7, 11) is 0. The fraction of sp³-hybridized carbons (Fsp3) is 0.405. The molecule has 0 N–H and O–H groups in total. The van der Waals surface area contributed by atoms with E-state index in [1.807, 2.05) is 18.2 Å². The summed E-state index contributed by atoms with van der Waals surface area (Å²) < 4.78 is 39.2. The van der Waals surface area contributed by atoms with E-state index < -0.39 is 11.7 Å². The number of ketones is 1. The van der Waals surface area contributed by atoms with Gasteiger partial charge in [-0.05, 0) is 83.0 Å². The number of Topliss-reactive ketones (excluding diaryl/α,β-unsaturated/α-hetero) is 1. The molecule has 0 saturated heterocycles. The van der Waals surface area contributed by atoms with Gasteiger partial charge in [0, 0.05) is 28.3 Å². The lowest BCUT2D eigenvalue weighted by atomic mass is 9.78. The fourth-order valence-electron chi connectivity index (χ4n) is 5.86. The Hall–Kier alpha value is -3.25. The van der Waals surface area contributed by atoms with Gasteiger partial charge in [-0.15, -0.1) is 11.3 Å². The molecule has 0 bridgehead atoms. The largest absolute Gasteiger partial charge is 0.416 e. The minimum atomic E-state index is -4.39. The van der Waals surface area contributed by atoms with Crippen molar-refractivity contribution in [1.29, 1.82) is 0 Å². The number of carbonyl (C=O) groups excluding carboxylic acids is 1. The smallest absolute Gasteiger partial charge is 0.294 e. The van der Waals surface area contributed by atoms with Gasteiger partial charge in [0.05, 0.1) is 16.3 Å². The highest BCUT2D eigenvalue weighted by Gasteiger charge is 2.32. The molecule has 2 nitrogen and oxygen atoms in total. The number of aromatic nitrogens is 1. The van der Waals surface area contributed by atoms with Gasteiger partial charge in [-0.25, -0.2) is 4.98 Å². The van der Waals surface area contributed by atoms with Crippen LogP contribution >= 0.6 is 11.3 Å². The number of thiazole rings is 1. The van der Waals surface area contributed by atoms with E-state index in [2.05, 4.69) is 65.1 Å². The average Bonchev–Trinajstić information content (AvgIpc) is 3.46. The van der Waals surface area contributed by atoms with Crippen molar-refractivity contribution < 1.29 is 18.0 Å². The van der Waals surface area contributed by atoms with Gasteiger partial charge in [0.1, 0.15) is 0 Å². The molecule has 3 aromatic carbocycles. The first kappa shape index (κ1) is 31.2. The number of halogens is 3. The summed E-state index contributed by atoms with van der Waals surface area (Å²) in [5.41, 5.74) is 6.03. The van der Waals surface area contributed by atoms with E-state index in [1.54, 1.807) is 17.4 Å². The van der Waals surface area contributed by atoms with E-state index in [-0.39, 0.29) is 22.5 Å². The minimum absolute atomic E-state index is 0.0327. The molecule has 226 valence electrons. The maximum absolute atomic E-state index is 13.7. The number of nitrogens with zero attached hydrogens (tertiary/aromatic N) is 1. The second-order valence-corrected chi connectivity index (χ2v) is 14.8. The number of rotatable bonds is 5. The topological polar surface area (TPSA) is 30.0 Å². The monoisotopic (exact) mass is 603 g/mol. The van der Waals surface area contributed by atoms with Crippen molar-refractivity contribution in [2.45, 2.75) is 90.1 Å². The summed E-state index contributed by atoms with van der Waals surface area (Å²) >= 11 is 1.71. The van der Waals surface area contributed by atoms with E-state index in [1.165, 1.54) is 23.3 Å². The quantitative estimate of drug-likeness (QED) is 0.212. The van der Waals surface area contributed by atoms with Gasteiger partial charge in [-0.2, -0.15) is 13.2 Å². The summed E-state index contributed by atoms with van der Waals surface area (Å²) in [5, 5.41) is 3.30. The fourth-order valence-corrected chi connectivity index (χ4v) is 6.86. The molecule has 0 amide bonds. The van der Waals surface area contributed by atoms with Crippen molar-refractivity contribution in [2.75, 3.05) is 0 Å². The molecule has 0 unspecified atom stereocenters. The van der Waals surface area contributed by atoms with Crippen LogP contribution in [0.5, 0.6) is 0 Å². The van der Waals surface area contributed by atoms with Gasteiger partial charge in [-0.3, -0.25) is 4.79 Å². The molecule has 6 heteroatoms. The van der Waals surface area contributed by atoms with Crippen LogP contribution < -0.4 is 0 Å². The maximum Gasteiger partial charge on any atom is 0.416 e. The number of hydrogen-bond donors (Lipinski definition) is 0.